The second-order valence-electron chi connectivity index (χ2n) is 6.24. The summed E-state index contributed by atoms with van der Waals surface area (Å²) in [6.07, 6.45) is 2.25. The van der Waals surface area contributed by atoms with Crippen molar-refractivity contribution in [3.8, 4) is 0 Å². The number of carbonyl (C=O) groups is 1. The molecule has 0 aromatic heterocycles. The molecule has 2 fully saturated rings. The Balaban J connectivity index is 1.86. The van der Waals surface area contributed by atoms with E-state index in [4.69, 9.17) is 4.74 Å². The number of hydrogen-bond donors (Lipinski definition) is 1. The lowest BCUT2D eigenvalue weighted by molar-refractivity contribution is -0.134. The summed E-state index contributed by atoms with van der Waals surface area (Å²) in [5.41, 5.74) is 2.37. The second-order valence-corrected chi connectivity index (χ2v) is 6.24. The molecule has 1 N–H and O–H groups in total. The van der Waals surface area contributed by atoms with Crippen molar-refractivity contribution in [1.29, 1.82) is 0 Å². The Bertz CT molecular complexity index is 508. The van der Waals surface area contributed by atoms with E-state index in [0.717, 1.165) is 25.0 Å². The van der Waals surface area contributed by atoms with Crippen LogP contribution in [0.3, 0.4) is 0 Å². The smallest absolute Gasteiger partial charge is 0.241 e. The molecule has 3 rings (SSSR count). The summed E-state index contributed by atoms with van der Waals surface area (Å²) >= 11 is 0. The van der Waals surface area contributed by atoms with Crippen LogP contribution in [0.1, 0.15) is 44.0 Å². The molecule has 21 heavy (non-hydrogen) atoms. The maximum Gasteiger partial charge on any atom is 0.241 e. The number of hydrogen-bond acceptors (Lipinski definition) is 3. The number of nitrogens with one attached hydrogen (secondary N) is 1. The molecule has 2 heterocycles. The first-order chi connectivity index (χ1) is 10.1. The lowest BCUT2D eigenvalue weighted by Crippen LogP contribution is -2.44. The summed E-state index contributed by atoms with van der Waals surface area (Å²) in [5, 5.41) is 3.41. The third kappa shape index (κ3) is 2.70. The van der Waals surface area contributed by atoms with Crippen molar-refractivity contribution in [3.05, 3.63) is 35.4 Å². The van der Waals surface area contributed by atoms with Crippen LogP contribution in [-0.4, -0.2) is 35.6 Å². The fraction of sp³-hybridized carbons (Fsp3) is 0.588. The minimum Gasteiger partial charge on any atom is -0.376 e. The maximum absolute atomic E-state index is 12.6. The molecule has 1 aromatic rings. The lowest BCUT2D eigenvalue weighted by Gasteiger charge is -2.33. The molecule has 1 aromatic carbocycles. The topological polar surface area (TPSA) is 41.6 Å². The van der Waals surface area contributed by atoms with Gasteiger partial charge >= 0.3 is 0 Å². The molecular weight excluding hydrogens is 264 g/mol. The van der Waals surface area contributed by atoms with E-state index in [0.29, 0.717) is 0 Å². The van der Waals surface area contributed by atoms with Crippen LogP contribution >= 0.6 is 0 Å². The molecule has 0 bridgehead atoms. The van der Waals surface area contributed by atoms with Gasteiger partial charge in [0.2, 0.25) is 5.91 Å². The molecule has 4 nitrogen and oxygen atoms in total. The number of rotatable bonds is 3. The Morgan fingerprint density at radius 1 is 1.33 bits per heavy atom. The number of aryl methyl sites for hydroxylation is 1. The quantitative estimate of drug-likeness (QED) is 0.928. The molecule has 4 atom stereocenters. The fourth-order valence-corrected chi connectivity index (χ4v) is 3.34. The molecule has 1 amide bonds. The Hall–Kier alpha value is -1.39. The van der Waals surface area contributed by atoms with E-state index < -0.39 is 0 Å². The number of nitrogens with zero attached hydrogens (tertiary/aromatic N) is 1. The minimum atomic E-state index is -0.139. The predicted octanol–water partition coefficient (Wildman–Crippen LogP) is 2.38. The number of ether oxygens (including phenoxy) is 1. The van der Waals surface area contributed by atoms with Gasteiger partial charge in [-0.2, -0.15) is 0 Å². The van der Waals surface area contributed by atoms with Crippen molar-refractivity contribution in [2.24, 2.45) is 0 Å². The largest absolute Gasteiger partial charge is 0.376 e. The SMILES string of the molecule is Cc1ccc(C2NC(C)C(=O)N2C(C)C2CCCO2)cc1. The highest BCUT2D eigenvalue weighted by molar-refractivity contribution is 5.84. The summed E-state index contributed by atoms with van der Waals surface area (Å²) < 4.78 is 5.79. The number of amides is 1. The Kier molecular flexibility index (Phi) is 4.00. The predicted molar refractivity (Wildman–Crippen MR) is 81.8 cm³/mol. The molecule has 2 aliphatic rings. The number of benzene rings is 1. The molecule has 4 unspecified atom stereocenters. The van der Waals surface area contributed by atoms with E-state index in [-0.39, 0.29) is 30.3 Å². The van der Waals surface area contributed by atoms with Crippen LogP contribution in [0.2, 0.25) is 0 Å². The normalized spacial score (nSPS) is 30.9. The highest BCUT2D eigenvalue weighted by Crippen LogP contribution is 2.31. The maximum atomic E-state index is 12.6. The Morgan fingerprint density at radius 3 is 2.67 bits per heavy atom. The van der Waals surface area contributed by atoms with Crippen molar-refractivity contribution < 1.29 is 9.53 Å². The van der Waals surface area contributed by atoms with Crippen molar-refractivity contribution in [1.82, 2.24) is 10.2 Å². The monoisotopic (exact) mass is 288 g/mol. The van der Waals surface area contributed by atoms with E-state index in [1.54, 1.807) is 0 Å². The molecule has 4 heteroatoms. The van der Waals surface area contributed by atoms with Gasteiger partial charge in [0.05, 0.1) is 18.2 Å². The first-order valence-corrected chi connectivity index (χ1v) is 7.84. The van der Waals surface area contributed by atoms with Gasteiger partial charge in [0.1, 0.15) is 6.17 Å². The lowest BCUT2D eigenvalue weighted by atomic mass is 10.0. The summed E-state index contributed by atoms with van der Waals surface area (Å²) in [6.45, 7) is 6.93. The van der Waals surface area contributed by atoms with E-state index in [9.17, 15) is 4.79 Å². The van der Waals surface area contributed by atoms with Crippen LogP contribution in [0, 0.1) is 6.92 Å². The van der Waals surface area contributed by atoms with Gasteiger partial charge in [-0.25, -0.2) is 0 Å². The first kappa shape index (κ1) is 14.5. The van der Waals surface area contributed by atoms with Crippen LogP contribution < -0.4 is 5.32 Å². The highest BCUT2D eigenvalue weighted by atomic mass is 16.5. The number of carbonyl (C=O) groups excluding carboxylic acids is 1. The summed E-state index contributed by atoms with van der Waals surface area (Å²) in [6, 6.07) is 8.36. The van der Waals surface area contributed by atoms with Crippen LogP contribution in [0.5, 0.6) is 0 Å². The molecule has 2 saturated heterocycles. The van der Waals surface area contributed by atoms with Gasteiger partial charge in [-0.1, -0.05) is 29.8 Å². The van der Waals surface area contributed by atoms with E-state index in [1.807, 2.05) is 11.8 Å². The summed E-state index contributed by atoms with van der Waals surface area (Å²) in [5.74, 6) is 0.170. The zero-order valence-electron chi connectivity index (χ0n) is 13.0. The van der Waals surface area contributed by atoms with Gasteiger partial charge in [0, 0.05) is 6.61 Å². The zero-order valence-corrected chi connectivity index (χ0v) is 13.0. The molecule has 114 valence electrons. The Morgan fingerprint density at radius 2 is 2.05 bits per heavy atom. The van der Waals surface area contributed by atoms with Gasteiger partial charge < -0.3 is 9.64 Å². The van der Waals surface area contributed by atoms with E-state index in [1.165, 1.54) is 5.56 Å². The minimum absolute atomic E-state index is 0.0488. The first-order valence-electron chi connectivity index (χ1n) is 7.84. The molecule has 0 aliphatic carbocycles. The molecule has 0 spiro atoms. The van der Waals surface area contributed by atoms with Gasteiger partial charge in [-0.05, 0) is 39.2 Å². The van der Waals surface area contributed by atoms with Crippen LogP contribution in [0.4, 0.5) is 0 Å². The van der Waals surface area contributed by atoms with Crippen LogP contribution in [0.15, 0.2) is 24.3 Å². The van der Waals surface area contributed by atoms with Gasteiger partial charge in [-0.15, -0.1) is 0 Å². The summed E-state index contributed by atoms with van der Waals surface area (Å²) in [4.78, 5) is 14.5. The van der Waals surface area contributed by atoms with Gasteiger partial charge in [-0.3, -0.25) is 10.1 Å². The summed E-state index contributed by atoms with van der Waals surface area (Å²) in [7, 11) is 0. The standard InChI is InChI=1S/C17H24N2O2/c1-11-6-8-14(9-7-11)16-18-12(2)17(20)19(16)13(3)15-5-4-10-21-15/h6-9,12-13,15-16,18H,4-5,10H2,1-3H3. The average Bonchev–Trinajstić information content (AvgIpc) is 3.09. The van der Waals surface area contributed by atoms with Crippen LogP contribution in [-0.2, 0) is 9.53 Å². The molecular formula is C17H24N2O2. The third-order valence-electron chi connectivity index (χ3n) is 4.65. The van der Waals surface area contributed by atoms with E-state index in [2.05, 4.69) is 43.4 Å². The van der Waals surface area contributed by atoms with Gasteiger partial charge in [0.25, 0.3) is 0 Å². The van der Waals surface area contributed by atoms with Crippen molar-refractivity contribution in [2.45, 2.75) is 58.0 Å². The molecule has 0 radical (unpaired) electrons. The molecule has 2 aliphatic heterocycles. The molecule has 0 saturated carbocycles. The van der Waals surface area contributed by atoms with Crippen LogP contribution in [0.25, 0.3) is 0 Å². The third-order valence-corrected chi connectivity index (χ3v) is 4.65. The van der Waals surface area contributed by atoms with E-state index >= 15 is 0 Å². The van der Waals surface area contributed by atoms with Crippen molar-refractivity contribution >= 4 is 5.91 Å². The average molecular weight is 288 g/mol. The highest BCUT2D eigenvalue weighted by Gasteiger charge is 2.42. The van der Waals surface area contributed by atoms with Crippen molar-refractivity contribution in [3.63, 3.8) is 0 Å². The van der Waals surface area contributed by atoms with Crippen molar-refractivity contribution in [2.75, 3.05) is 6.61 Å². The Labute approximate surface area is 126 Å². The zero-order chi connectivity index (χ0) is 15.0. The second kappa shape index (κ2) is 5.78. The van der Waals surface area contributed by atoms with Gasteiger partial charge in [0.15, 0.2) is 0 Å². The fourth-order valence-electron chi connectivity index (χ4n) is 3.34.